The molecule has 0 aliphatic heterocycles. The normalized spacial score (nSPS) is 11.4. The van der Waals surface area contributed by atoms with Gasteiger partial charge in [-0.15, -0.1) is 0 Å². The molecule has 0 atom stereocenters. The number of oxazole rings is 1. The lowest BCUT2D eigenvalue weighted by Gasteiger charge is -2.12. The Hall–Kier alpha value is -4.71. The van der Waals surface area contributed by atoms with Crippen molar-refractivity contribution in [1.82, 2.24) is 19.5 Å². The fourth-order valence-electron chi connectivity index (χ4n) is 3.69. The van der Waals surface area contributed by atoms with Gasteiger partial charge in [0.25, 0.3) is 10.0 Å². The number of pyridine rings is 1. The van der Waals surface area contributed by atoms with Crippen LogP contribution >= 0.6 is 0 Å². The highest BCUT2D eigenvalue weighted by Gasteiger charge is 2.17. The number of anilines is 5. The molecule has 0 saturated heterocycles. The molecule has 11 nitrogen and oxygen atoms in total. The zero-order valence-electron chi connectivity index (χ0n) is 20.2. The average molecular weight is 518 g/mol. The van der Waals surface area contributed by atoms with Gasteiger partial charge >= 0.3 is 5.76 Å². The van der Waals surface area contributed by atoms with E-state index in [2.05, 4.69) is 30.3 Å². The summed E-state index contributed by atoms with van der Waals surface area (Å²) in [6.45, 7) is 3.77. The molecule has 0 radical (unpaired) electrons. The van der Waals surface area contributed by atoms with Crippen LogP contribution in [0.1, 0.15) is 11.4 Å². The number of hydrogen-bond donors (Lipinski definition) is 3. The van der Waals surface area contributed by atoms with Crippen LogP contribution in [-0.4, -0.2) is 27.9 Å². The lowest BCUT2D eigenvalue weighted by Crippen LogP contribution is -2.13. The van der Waals surface area contributed by atoms with E-state index < -0.39 is 15.8 Å². The van der Waals surface area contributed by atoms with Crippen LogP contribution in [0.5, 0.6) is 0 Å². The van der Waals surface area contributed by atoms with Crippen molar-refractivity contribution in [2.24, 2.45) is 7.05 Å². The van der Waals surface area contributed by atoms with E-state index in [1.165, 1.54) is 29.8 Å². The summed E-state index contributed by atoms with van der Waals surface area (Å²) in [6, 6.07) is 16.6. The molecule has 37 heavy (non-hydrogen) atoms. The molecule has 0 unspecified atom stereocenters. The molecule has 12 heteroatoms. The smallest absolute Gasteiger partial charge is 0.408 e. The van der Waals surface area contributed by atoms with E-state index in [9.17, 15) is 13.2 Å². The molecule has 0 aliphatic carbocycles. The Morgan fingerprint density at radius 2 is 1.54 bits per heavy atom. The Labute approximate surface area is 212 Å². The third-order valence-corrected chi connectivity index (χ3v) is 6.87. The largest absolute Gasteiger partial charge is 0.419 e. The highest BCUT2D eigenvalue weighted by Crippen LogP contribution is 2.24. The molecule has 5 aromatic rings. The Kier molecular flexibility index (Phi) is 6.09. The second-order valence-electron chi connectivity index (χ2n) is 8.39. The average Bonchev–Trinajstić information content (AvgIpc) is 3.13. The van der Waals surface area contributed by atoms with Crippen molar-refractivity contribution in [2.75, 3.05) is 15.4 Å². The monoisotopic (exact) mass is 517 g/mol. The molecule has 2 aromatic carbocycles. The lowest BCUT2D eigenvalue weighted by molar-refractivity contribution is 0.528. The predicted octanol–water partition coefficient (Wildman–Crippen LogP) is 4.22. The quantitative estimate of drug-likeness (QED) is 0.289. The standard InChI is InChI=1S/C25H23N7O4S/c1-15-10-11-26-22(12-15)30-24-14-23(27-16(2)28-24)29-17-4-6-18(7-5-17)31-37(34,35)19-8-9-21-20(13-19)32(3)25(33)36-21/h4-14,31H,1-3H3,(H2,26,27,28,29,30). The van der Waals surface area contributed by atoms with Gasteiger partial charge in [-0.3, -0.25) is 9.29 Å². The van der Waals surface area contributed by atoms with Crippen LogP contribution in [0.2, 0.25) is 0 Å². The summed E-state index contributed by atoms with van der Waals surface area (Å²) in [7, 11) is -2.38. The minimum atomic E-state index is -3.89. The first-order valence-corrected chi connectivity index (χ1v) is 12.7. The fourth-order valence-corrected chi connectivity index (χ4v) is 4.77. The van der Waals surface area contributed by atoms with Gasteiger partial charge in [0.1, 0.15) is 23.3 Å². The number of nitrogens with one attached hydrogen (secondary N) is 3. The second kappa shape index (κ2) is 9.39. The molecule has 0 bridgehead atoms. The van der Waals surface area contributed by atoms with E-state index in [1.54, 1.807) is 43.5 Å². The zero-order valence-corrected chi connectivity index (χ0v) is 21.0. The minimum absolute atomic E-state index is 0.0122. The lowest BCUT2D eigenvalue weighted by atomic mass is 10.3. The molecule has 0 spiro atoms. The number of rotatable bonds is 7. The van der Waals surface area contributed by atoms with E-state index >= 15 is 0 Å². The zero-order chi connectivity index (χ0) is 26.2. The molecule has 188 valence electrons. The highest BCUT2D eigenvalue weighted by molar-refractivity contribution is 7.92. The number of hydrogen-bond acceptors (Lipinski definition) is 9. The molecule has 3 aromatic heterocycles. The first-order valence-electron chi connectivity index (χ1n) is 11.2. The van der Waals surface area contributed by atoms with Gasteiger partial charge in [-0.25, -0.2) is 28.2 Å². The third kappa shape index (κ3) is 5.28. The van der Waals surface area contributed by atoms with Crippen LogP contribution in [0.25, 0.3) is 11.1 Å². The van der Waals surface area contributed by atoms with Crippen LogP contribution in [0.15, 0.2) is 81.0 Å². The summed E-state index contributed by atoms with van der Waals surface area (Å²) in [5.74, 6) is 1.83. The third-order valence-electron chi connectivity index (χ3n) is 5.49. The van der Waals surface area contributed by atoms with Gasteiger partial charge in [-0.1, -0.05) is 0 Å². The maximum atomic E-state index is 12.9. The van der Waals surface area contributed by atoms with Gasteiger partial charge in [0.2, 0.25) is 0 Å². The SMILES string of the molecule is Cc1ccnc(Nc2cc(Nc3ccc(NS(=O)(=O)c4ccc5oc(=O)n(C)c5c4)cc3)nc(C)n2)c1. The van der Waals surface area contributed by atoms with E-state index in [0.717, 1.165) is 5.56 Å². The van der Waals surface area contributed by atoms with E-state index in [0.29, 0.717) is 45.8 Å². The van der Waals surface area contributed by atoms with E-state index in [-0.39, 0.29) is 4.90 Å². The molecule has 3 N–H and O–H groups in total. The topological polar surface area (TPSA) is 144 Å². The first kappa shape index (κ1) is 24.0. The van der Waals surface area contributed by atoms with Gasteiger partial charge in [-0.05, 0) is 74.0 Å². The second-order valence-corrected chi connectivity index (χ2v) is 10.1. The van der Waals surface area contributed by atoms with Crippen LogP contribution in [0.4, 0.5) is 28.8 Å². The molecular formula is C25H23N7O4S. The molecule has 0 saturated carbocycles. The fraction of sp³-hybridized carbons (Fsp3) is 0.120. The molecular weight excluding hydrogens is 494 g/mol. The molecule has 0 amide bonds. The van der Waals surface area contributed by atoms with Crippen molar-refractivity contribution in [3.63, 3.8) is 0 Å². The number of sulfonamides is 1. The maximum Gasteiger partial charge on any atom is 0.419 e. The Balaban J connectivity index is 1.31. The highest BCUT2D eigenvalue weighted by atomic mass is 32.2. The Bertz CT molecular complexity index is 1780. The molecule has 3 heterocycles. The van der Waals surface area contributed by atoms with Crippen LogP contribution in [-0.2, 0) is 17.1 Å². The number of aromatic nitrogens is 4. The Morgan fingerprint density at radius 3 is 2.27 bits per heavy atom. The summed E-state index contributed by atoms with van der Waals surface area (Å²) < 4.78 is 34.7. The first-order chi connectivity index (χ1) is 17.7. The van der Waals surface area contributed by atoms with Crippen LogP contribution in [0.3, 0.4) is 0 Å². The van der Waals surface area contributed by atoms with Gasteiger partial charge in [0.05, 0.1) is 10.4 Å². The van der Waals surface area contributed by atoms with Crippen LogP contribution in [0, 0.1) is 13.8 Å². The number of benzene rings is 2. The predicted molar refractivity (Wildman–Crippen MR) is 141 cm³/mol. The maximum absolute atomic E-state index is 12.9. The van der Waals surface area contributed by atoms with Crippen molar-refractivity contribution < 1.29 is 12.8 Å². The molecule has 0 fully saturated rings. The van der Waals surface area contributed by atoms with Gasteiger partial charge in [-0.2, -0.15) is 0 Å². The van der Waals surface area contributed by atoms with Gasteiger partial charge < -0.3 is 15.1 Å². The van der Waals surface area contributed by atoms with Crippen molar-refractivity contribution in [3.05, 3.63) is 88.8 Å². The summed E-state index contributed by atoms with van der Waals surface area (Å²) in [5.41, 5.74) is 2.86. The van der Waals surface area contributed by atoms with E-state index in [4.69, 9.17) is 4.42 Å². The summed E-state index contributed by atoms with van der Waals surface area (Å²) in [4.78, 5) is 24.8. The van der Waals surface area contributed by atoms with Gasteiger partial charge in [0.15, 0.2) is 5.58 Å². The van der Waals surface area contributed by atoms with E-state index in [1.807, 2.05) is 19.1 Å². The van der Waals surface area contributed by atoms with Crippen molar-refractivity contribution in [2.45, 2.75) is 18.7 Å². The van der Waals surface area contributed by atoms with Crippen LogP contribution < -0.4 is 21.1 Å². The number of fused-ring (bicyclic) bond motifs is 1. The molecule has 0 aliphatic rings. The van der Waals surface area contributed by atoms with Crippen molar-refractivity contribution >= 4 is 50.0 Å². The minimum Gasteiger partial charge on any atom is -0.408 e. The summed E-state index contributed by atoms with van der Waals surface area (Å²) in [6.07, 6.45) is 1.72. The number of nitrogens with zero attached hydrogens (tertiary/aromatic N) is 4. The Morgan fingerprint density at radius 1 is 0.838 bits per heavy atom. The van der Waals surface area contributed by atoms with Crippen molar-refractivity contribution in [3.8, 4) is 0 Å². The summed E-state index contributed by atoms with van der Waals surface area (Å²) >= 11 is 0. The number of aryl methyl sites for hydroxylation is 3. The van der Waals surface area contributed by atoms with Crippen molar-refractivity contribution in [1.29, 1.82) is 0 Å². The molecule has 5 rings (SSSR count). The summed E-state index contributed by atoms with van der Waals surface area (Å²) in [5, 5.41) is 6.38. The van der Waals surface area contributed by atoms with Gasteiger partial charge in [0, 0.05) is 30.7 Å².